The van der Waals surface area contributed by atoms with E-state index in [-0.39, 0.29) is 45.9 Å². The van der Waals surface area contributed by atoms with Gasteiger partial charge in [-0.3, -0.25) is 14.5 Å². The summed E-state index contributed by atoms with van der Waals surface area (Å²) in [7, 11) is 0.877. The van der Waals surface area contributed by atoms with Crippen LogP contribution in [0.3, 0.4) is 0 Å². The number of ether oxygens (including phenoxy) is 3. The number of aliphatic hydroxyl groups excluding tert-OH is 1. The van der Waals surface area contributed by atoms with Crippen LogP contribution in [0.15, 0.2) is 64.4 Å². The van der Waals surface area contributed by atoms with E-state index in [4.69, 9.17) is 23.2 Å². The molecule has 0 spiro atoms. The van der Waals surface area contributed by atoms with Gasteiger partial charge in [0, 0.05) is 11.5 Å². The molecule has 0 bridgehead atoms. The number of Topliss-reactive ketones (excluding diaryl/α,β-unsaturated/α-hetero) is 2. The molecule has 12 heteroatoms. The number of nitrogens with zero attached hydrogens (tertiary/aromatic N) is 2. The van der Waals surface area contributed by atoms with Crippen LogP contribution in [0, 0.1) is 11.8 Å². The minimum Gasteiger partial charge on any atom is -0.508 e. The number of allylic oxidation sites excluding steroid dienone is 1. The molecular formula is C40H50N2O9Si. The number of ketones is 2. The Kier molecular flexibility index (Phi) is 9.37. The van der Waals surface area contributed by atoms with Gasteiger partial charge in [0.15, 0.2) is 25.5 Å². The van der Waals surface area contributed by atoms with Crippen LogP contribution in [0.2, 0.25) is 18.1 Å². The lowest BCUT2D eigenvalue weighted by atomic mass is 9.56. The fourth-order valence-corrected chi connectivity index (χ4v) is 9.10. The molecule has 3 aliphatic carbocycles. The molecule has 0 fully saturated rings. The van der Waals surface area contributed by atoms with Gasteiger partial charge in [-0.1, -0.05) is 70.2 Å². The van der Waals surface area contributed by atoms with E-state index in [1.807, 2.05) is 75.4 Å². The van der Waals surface area contributed by atoms with Gasteiger partial charge in [-0.2, -0.15) is 0 Å². The largest absolute Gasteiger partial charge is 0.514 e. The second kappa shape index (κ2) is 13.0. The van der Waals surface area contributed by atoms with Crippen LogP contribution in [-0.2, 0) is 15.8 Å². The van der Waals surface area contributed by atoms with E-state index in [1.54, 1.807) is 26.8 Å². The van der Waals surface area contributed by atoms with Crippen molar-refractivity contribution in [2.45, 2.75) is 103 Å². The summed E-state index contributed by atoms with van der Waals surface area (Å²) in [5, 5.41) is 16.7. The highest BCUT2D eigenvalue weighted by atomic mass is 28.4. The molecule has 11 nitrogen and oxygen atoms in total. The second-order valence-electron chi connectivity index (χ2n) is 17.0. The highest BCUT2D eigenvalue weighted by Gasteiger charge is 2.67. The zero-order valence-electron chi connectivity index (χ0n) is 32.0. The predicted octanol–water partition coefficient (Wildman–Crippen LogP) is 8.58. The number of fused-ring (bicyclic) bond motifs is 4. The maximum atomic E-state index is 15.4. The molecule has 278 valence electrons. The van der Waals surface area contributed by atoms with Gasteiger partial charge in [-0.15, -0.1) is 0 Å². The summed E-state index contributed by atoms with van der Waals surface area (Å²) in [6.07, 6.45) is -0.644. The predicted molar refractivity (Wildman–Crippen MR) is 196 cm³/mol. The molecule has 52 heavy (non-hydrogen) atoms. The van der Waals surface area contributed by atoms with E-state index in [2.05, 4.69) is 25.9 Å². The minimum atomic E-state index is -2.89. The third-order valence-corrected chi connectivity index (χ3v) is 15.6. The third kappa shape index (κ3) is 6.18. The van der Waals surface area contributed by atoms with Crippen molar-refractivity contribution in [3.8, 4) is 11.6 Å². The van der Waals surface area contributed by atoms with Crippen molar-refractivity contribution >= 4 is 26.0 Å². The van der Waals surface area contributed by atoms with Crippen molar-refractivity contribution < 1.29 is 42.6 Å². The summed E-state index contributed by atoms with van der Waals surface area (Å²) in [5.74, 6) is -2.65. The highest BCUT2D eigenvalue weighted by molar-refractivity contribution is 6.74. The molecule has 0 aliphatic heterocycles. The molecule has 3 aromatic rings. The van der Waals surface area contributed by atoms with E-state index in [0.717, 1.165) is 5.56 Å². The van der Waals surface area contributed by atoms with Crippen LogP contribution in [0.1, 0.15) is 104 Å². The van der Waals surface area contributed by atoms with E-state index in [9.17, 15) is 14.7 Å². The topological polar surface area (TPSA) is 138 Å². The fourth-order valence-electron chi connectivity index (χ4n) is 7.64. The van der Waals surface area contributed by atoms with Gasteiger partial charge in [0.05, 0.1) is 11.6 Å². The maximum Gasteiger partial charge on any atom is 0.514 e. The van der Waals surface area contributed by atoms with Crippen molar-refractivity contribution in [2.75, 3.05) is 14.1 Å². The number of rotatable bonds is 7. The van der Waals surface area contributed by atoms with E-state index < -0.39 is 60.9 Å². The SMILES string of the molecule is C[C@H]1c2cccc(OC(=O)OC(C)(C)C)c2C(=O)C2=C(O)[C@]3(O[Si](C)(C)C(C)(C)C)C(=O)c4c(OCc5ccccc5)noc4[C@@H](N(C)C)[C@@H]3C[C@@H]21. The zero-order valence-corrected chi connectivity index (χ0v) is 33.0. The number of hydrogen-bond acceptors (Lipinski definition) is 11. The first-order valence-electron chi connectivity index (χ1n) is 17.8. The van der Waals surface area contributed by atoms with Gasteiger partial charge in [0.25, 0.3) is 5.88 Å². The Bertz CT molecular complexity index is 1940. The summed E-state index contributed by atoms with van der Waals surface area (Å²) < 4.78 is 30.4. The molecule has 0 amide bonds. The van der Waals surface area contributed by atoms with Crippen molar-refractivity contribution in [2.24, 2.45) is 11.8 Å². The average Bonchev–Trinajstić information content (AvgIpc) is 3.46. The van der Waals surface area contributed by atoms with Crippen LogP contribution >= 0.6 is 0 Å². The normalized spacial score (nSPS) is 24.5. The van der Waals surface area contributed by atoms with Gasteiger partial charge in [0.2, 0.25) is 5.78 Å². The molecule has 0 radical (unpaired) electrons. The first-order valence-corrected chi connectivity index (χ1v) is 20.7. The summed E-state index contributed by atoms with van der Waals surface area (Å²) in [6, 6.07) is 14.0. The summed E-state index contributed by atoms with van der Waals surface area (Å²) in [5.41, 5.74) is -0.951. The molecule has 6 rings (SSSR count). The number of aliphatic hydroxyl groups is 1. The van der Waals surface area contributed by atoms with Gasteiger partial charge >= 0.3 is 6.16 Å². The van der Waals surface area contributed by atoms with Gasteiger partial charge in [0.1, 0.15) is 29.3 Å². The van der Waals surface area contributed by atoms with Crippen LogP contribution in [0.5, 0.6) is 11.6 Å². The number of benzene rings is 2. The lowest BCUT2D eigenvalue weighted by Gasteiger charge is -2.55. The Morgan fingerprint density at radius 2 is 1.69 bits per heavy atom. The Morgan fingerprint density at radius 3 is 2.31 bits per heavy atom. The van der Waals surface area contributed by atoms with Crippen molar-refractivity contribution in [3.63, 3.8) is 0 Å². The van der Waals surface area contributed by atoms with Crippen LogP contribution in [0.25, 0.3) is 0 Å². The number of aromatic nitrogens is 1. The highest BCUT2D eigenvalue weighted by Crippen LogP contribution is 2.61. The van der Waals surface area contributed by atoms with Crippen LogP contribution in [-0.4, -0.2) is 66.5 Å². The fraction of sp³-hybridized carbons (Fsp3) is 0.500. The maximum absolute atomic E-state index is 15.4. The summed E-state index contributed by atoms with van der Waals surface area (Å²) in [4.78, 5) is 45.0. The molecular weight excluding hydrogens is 681 g/mol. The summed E-state index contributed by atoms with van der Waals surface area (Å²) >= 11 is 0. The van der Waals surface area contributed by atoms with Gasteiger partial charge in [-0.25, -0.2) is 4.79 Å². The zero-order chi connectivity index (χ0) is 38.1. The molecule has 1 N–H and O–H groups in total. The Labute approximate surface area is 306 Å². The number of hydrogen-bond donors (Lipinski definition) is 1. The van der Waals surface area contributed by atoms with Gasteiger partial charge in [-0.05, 0) is 93.6 Å². The number of carbonyl (C=O) groups is 3. The van der Waals surface area contributed by atoms with E-state index in [0.29, 0.717) is 17.7 Å². The summed E-state index contributed by atoms with van der Waals surface area (Å²) in [6.45, 7) is 17.5. The van der Waals surface area contributed by atoms with Gasteiger partial charge < -0.3 is 28.3 Å². The van der Waals surface area contributed by atoms with Crippen LogP contribution < -0.4 is 9.47 Å². The minimum absolute atomic E-state index is 0.00554. The monoisotopic (exact) mass is 730 g/mol. The lowest BCUT2D eigenvalue weighted by molar-refractivity contribution is -0.0494. The smallest absolute Gasteiger partial charge is 0.508 e. The van der Waals surface area contributed by atoms with E-state index >= 15 is 4.79 Å². The molecule has 0 saturated heterocycles. The quantitative estimate of drug-likeness (QED) is 0.142. The second-order valence-corrected chi connectivity index (χ2v) is 21.7. The lowest BCUT2D eigenvalue weighted by Crippen LogP contribution is -2.65. The Morgan fingerprint density at radius 1 is 1.02 bits per heavy atom. The first-order chi connectivity index (χ1) is 24.2. The number of carbonyl (C=O) groups excluding carboxylic acids is 3. The molecule has 1 aromatic heterocycles. The molecule has 3 aliphatic rings. The molecule has 2 aromatic carbocycles. The van der Waals surface area contributed by atoms with Crippen LogP contribution in [0.4, 0.5) is 4.79 Å². The van der Waals surface area contributed by atoms with Crippen molar-refractivity contribution in [1.29, 1.82) is 0 Å². The Hall–Kier alpha value is -4.26. The van der Waals surface area contributed by atoms with Crippen molar-refractivity contribution in [1.82, 2.24) is 10.1 Å². The first kappa shape index (κ1) is 37.5. The van der Waals surface area contributed by atoms with E-state index in [1.165, 1.54) is 6.07 Å². The molecule has 1 heterocycles. The molecule has 0 saturated carbocycles. The van der Waals surface area contributed by atoms with Crippen molar-refractivity contribution in [3.05, 3.63) is 87.9 Å². The average molecular weight is 731 g/mol. The molecule has 5 atom stereocenters. The molecule has 0 unspecified atom stereocenters. The standard InChI is InChI=1S/C40H50N2O9Si/c1-22-24-18-15-19-27(48-37(46)49-38(2,3)4)28(24)32(43)29-25(22)20-26-31(42(8)9)33-30(36(41-50-33)47-21-23-16-13-12-14-17-23)35(45)40(26,34(29)44)51-52(10,11)39(5,6)7/h12-19,22,25-26,31,44H,20-21H2,1-11H3/t22-,25+,26-,31-,40-/m0/s1. The third-order valence-electron chi connectivity index (χ3n) is 11.1. The Balaban J connectivity index is 1.56.